The largest absolute Gasteiger partial charge is 0.477 e. The maximum Gasteiger partial charge on any atom is 0.253 e. The second-order valence-electron chi connectivity index (χ2n) is 6.54. The molecule has 1 aromatic carbocycles. The van der Waals surface area contributed by atoms with E-state index in [1.54, 1.807) is 6.20 Å². The van der Waals surface area contributed by atoms with Crippen LogP contribution in [0.15, 0.2) is 42.6 Å². The molecule has 1 aromatic heterocycles. The van der Waals surface area contributed by atoms with Gasteiger partial charge in [-0.2, -0.15) is 0 Å². The predicted octanol–water partition coefficient (Wildman–Crippen LogP) is 3.63. The van der Waals surface area contributed by atoms with Crippen molar-refractivity contribution in [3.8, 4) is 5.88 Å². The Bertz CT molecular complexity index is 706. The number of carbonyl (C=O) groups excluding carboxylic acids is 1. The average Bonchev–Trinajstić information content (AvgIpc) is 2.61. The first-order chi connectivity index (χ1) is 11.6. The zero-order valence-electron chi connectivity index (χ0n) is 14.4. The third-order valence-electron chi connectivity index (χ3n) is 4.58. The van der Waals surface area contributed by atoms with Crippen LogP contribution < -0.4 is 4.74 Å². The molecule has 0 aliphatic carbocycles. The number of aryl methyl sites for hydroxylation is 2. The van der Waals surface area contributed by atoms with Crippen LogP contribution in [0.4, 0.5) is 0 Å². The second kappa shape index (κ2) is 7.47. The Balaban J connectivity index is 1.51. The molecule has 126 valence electrons. The summed E-state index contributed by atoms with van der Waals surface area (Å²) < 4.78 is 5.86. The van der Waals surface area contributed by atoms with Crippen LogP contribution in [0.1, 0.15) is 34.3 Å². The average molecular weight is 324 g/mol. The molecule has 2 aromatic rings. The summed E-state index contributed by atoms with van der Waals surface area (Å²) in [5.74, 6) is 1.34. The molecule has 0 bridgehead atoms. The van der Waals surface area contributed by atoms with Crippen LogP contribution in [0, 0.1) is 19.8 Å². The van der Waals surface area contributed by atoms with Crippen molar-refractivity contribution >= 4 is 5.91 Å². The molecule has 4 nitrogen and oxygen atoms in total. The number of hydrogen-bond acceptors (Lipinski definition) is 3. The van der Waals surface area contributed by atoms with E-state index in [9.17, 15) is 4.79 Å². The molecule has 0 saturated carbocycles. The van der Waals surface area contributed by atoms with Crippen LogP contribution in [-0.4, -0.2) is 35.5 Å². The summed E-state index contributed by atoms with van der Waals surface area (Å²) in [6.07, 6.45) is 3.71. The minimum atomic E-state index is 0.138. The highest BCUT2D eigenvalue weighted by Gasteiger charge is 2.24. The molecular formula is C20H24N2O2. The Kier molecular flexibility index (Phi) is 5.14. The van der Waals surface area contributed by atoms with E-state index in [-0.39, 0.29) is 5.91 Å². The molecule has 0 radical (unpaired) electrons. The normalized spacial score (nSPS) is 15.3. The minimum absolute atomic E-state index is 0.138. The third-order valence-corrected chi connectivity index (χ3v) is 4.58. The molecule has 1 fully saturated rings. The Morgan fingerprint density at radius 1 is 1.21 bits per heavy atom. The van der Waals surface area contributed by atoms with E-state index in [0.29, 0.717) is 12.5 Å². The molecule has 4 heteroatoms. The van der Waals surface area contributed by atoms with Gasteiger partial charge in [0.1, 0.15) is 0 Å². The summed E-state index contributed by atoms with van der Waals surface area (Å²) in [6, 6.07) is 11.7. The molecule has 1 amide bonds. The summed E-state index contributed by atoms with van der Waals surface area (Å²) in [5, 5.41) is 0. The smallest absolute Gasteiger partial charge is 0.253 e. The van der Waals surface area contributed by atoms with Crippen molar-refractivity contribution in [1.82, 2.24) is 9.88 Å². The van der Waals surface area contributed by atoms with E-state index < -0.39 is 0 Å². The maximum atomic E-state index is 12.6. The molecule has 0 N–H and O–H groups in total. The molecule has 1 saturated heterocycles. The van der Waals surface area contributed by atoms with Crippen molar-refractivity contribution < 1.29 is 9.53 Å². The van der Waals surface area contributed by atoms with Gasteiger partial charge in [0, 0.05) is 30.4 Å². The molecule has 2 heterocycles. The topological polar surface area (TPSA) is 42.4 Å². The van der Waals surface area contributed by atoms with Crippen molar-refractivity contribution in [2.75, 3.05) is 19.7 Å². The van der Waals surface area contributed by atoms with Gasteiger partial charge in [0.2, 0.25) is 5.88 Å². The SMILES string of the molecule is Cc1cccc(C(=O)N2CCC(COc3ncccc3C)CC2)c1. The fourth-order valence-electron chi connectivity index (χ4n) is 3.08. The molecule has 1 aliphatic heterocycles. The highest BCUT2D eigenvalue weighted by Crippen LogP contribution is 2.21. The molecule has 0 unspecified atom stereocenters. The number of benzene rings is 1. The number of likely N-dealkylation sites (tertiary alicyclic amines) is 1. The monoisotopic (exact) mass is 324 g/mol. The van der Waals surface area contributed by atoms with Crippen molar-refractivity contribution in [2.24, 2.45) is 5.92 Å². The van der Waals surface area contributed by atoms with Crippen LogP contribution in [0.2, 0.25) is 0 Å². The van der Waals surface area contributed by atoms with Gasteiger partial charge in [0.15, 0.2) is 0 Å². The molecule has 0 atom stereocenters. The van der Waals surface area contributed by atoms with Gasteiger partial charge >= 0.3 is 0 Å². The van der Waals surface area contributed by atoms with E-state index in [2.05, 4.69) is 4.98 Å². The van der Waals surface area contributed by atoms with Gasteiger partial charge < -0.3 is 9.64 Å². The van der Waals surface area contributed by atoms with Crippen LogP contribution in [0.3, 0.4) is 0 Å². The Morgan fingerprint density at radius 3 is 2.71 bits per heavy atom. The fourth-order valence-corrected chi connectivity index (χ4v) is 3.08. The van der Waals surface area contributed by atoms with Crippen LogP contribution in [0.25, 0.3) is 0 Å². The van der Waals surface area contributed by atoms with E-state index in [0.717, 1.165) is 48.5 Å². The number of hydrogen-bond donors (Lipinski definition) is 0. The first-order valence-electron chi connectivity index (χ1n) is 8.54. The summed E-state index contributed by atoms with van der Waals surface area (Å²) in [4.78, 5) is 18.8. The van der Waals surface area contributed by atoms with E-state index >= 15 is 0 Å². The first kappa shape index (κ1) is 16.5. The van der Waals surface area contributed by atoms with Crippen LogP contribution in [-0.2, 0) is 0 Å². The third kappa shape index (κ3) is 3.94. The van der Waals surface area contributed by atoms with Crippen LogP contribution >= 0.6 is 0 Å². The van der Waals surface area contributed by atoms with Crippen LogP contribution in [0.5, 0.6) is 5.88 Å². The molecule has 24 heavy (non-hydrogen) atoms. The van der Waals surface area contributed by atoms with Gasteiger partial charge in [-0.25, -0.2) is 4.98 Å². The molecule has 1 aliphatic rings. The highest BCUT2D eigenvalue weighted by molar-refractivity contribution is 5.94. The van der Waals surface area contributed by atoms with Gasteiger partial charge in [0.05, 0.1) is 6.61 Å². The standard InChI is InChI=1S/C20H24N2O2/c1-15-5-3-7-18(13-15)20(23)22-11-8-17(9-12-22)14-24-19-16(2)6-4-10-21-19/h3-7,10,13,17H,8-9,11-12,14H2,1-2H3. The number of rotatable bonds is 4. The highest BCUT2D eigenvalue weighted by atomic mass is 16.5. The number of amides is 1. The second-order valence-corrected chi connectivity index (χ2v) is 6.54. The number of carbonyl (C=O) groups is 1. The Labute approximate surface area is 143 Å². The lowest BCUT2D eigenvalue weighted by Crippen LogP contribution is -2.39. The molecular weight excluding hydrogens is 300 g/mol. The number of nitrogens with zero attached hydrogens (tertiary/aromatic N) is 2. The van der Waals surface area contributed by atoms with Gasteiger partial charge in [-0.1, -0.05) is 23.8 Å². The number of ether oxygens (including phenoxy) is 1. The van der Waals surface area contributed by atoms with Crippen molar-refractivity contribution in [3.63, 3.8) is 0 Å². The van der Waals surface area contributed by atoms with E-state index in [1.807, 2.05) is 55.1 Å². The van der Waals surface area contributed by atoms with E-state index in [1.165, 1.54) is 0 Å². The first-order valence-corrected chi connectivity index (χ1v) is 8.54. The number of pyridine rings is 1. The quantitative estimate of drug-likeness (QED) is 0.862. The molecule has 0 spiro atoms. The van der Waals surface area contributed by atoms with E-state index in [4.69, 9.17) is 4.74 Å². The minimum Gasteiger partial charge on any atom is -0.477 e. The Morgan fingerprint density at radius 2 is 2.00 bits per heavy atom. The van der Waals surface area contributed by atoms with Gasteiger partial charge in [-0.3, -0.25) is 4.79 Å². The van der Waals surface area contributed by atoms with Gasteiger partial charge in [-0.05, 0) is 50.8 Å². The van der Waals surface area contributed by atoms with Crippen molar-refractivity contribution in [2.45, 2.75) is 26.7 Å². The summed E-state index contributed by atoms with van der Waals surface area (Å²) >= 11 is 0. The van der Waals surface area contributed by atoms with Crippen molar-refractivity contribution in [3.05, 3.63) is 59.3 Å². The zero-order valence-corrected chi connectivity index (χ0v) is 14.4. The summed E-state index contributed by atoms with van der Waals surface area (Å²) in [5.41, 5.74) is 2.97. The molecule has 3 rings (SSSR count). The lowest BCUT2D eigenvalue weighted by atomic mass is 9.97. The van der Waals surface area contributed by atoms with Gasteiger partial charge in [0.25, 0.3) is 5.91 Å². The van der Waals surface area contributed by atoms with Crippen molar-refractivity contribution in [1.29, 1.82) is 0 Å². The summed E-state index contributed by atoms with van der Waals surface area (Å²) in [7, 11) is 0. The zero-order chi connectivity index (χ0) is 16.9. The lowest BCUT2D eigenvalue weighted by Gasteiger charge is -2.32. The maximum absolute atomic E-state index is 12.6. The number of aromatic nitrogens is 1. The van der Waals surface area contributed by atoms with Gasteiger partial charge in [-0.15, -0.1) is 0 Å². The number of piperidine rings is 1. The Hall–Kier alpha value is -2.36. The summed E-state index contributed by atoms with van der Waals surface area (Å²) in [6.45, 7) is 6.28. The lowest BCUT2D eigenvalue weighted by molar-refractivity contribution is 0.0659. The predicted molar refractivity (Wildman–Crippen MR) is 94.3 cm³/mol. The fraction of sp³-hybridized carbons (Fsp3) is 0.400.